The van der Waals surface area contributed by atoms with Crippen LogP contribution < -0.4 is 8.86 Å². The minimum atomic E-state index is -4.17. The summed E-state index contributed by atoms with van der Waals surface area (Å²) >= 11 is 0.450. The van der Waals surface area contributed by atoms with Crippen molar-refractivity contribution in [2.45, 2.75) is 0 Å². The summed E-state index contributed by atoms with van der Waals surface area (Å²) < 4.78 is 29.9. The Bertz CT molecular complexity index is 96.1. The third-order valence-electron chi connectivity index (χ3n) is 0. The average Bonchev–Trinajstić information content (AvgIpc) is 1.36. The number of nitrogens with two attached hydrogens (primary N) is 2. The Morgan fingerprint density at radius 2 is 1.43 bits per heavy atom. The summed E-state index contributed by atoms with van der Waals surface area (Å²) in [6.45, 7) is 0. The topological polar surface area (TPSA) is 106 Å². The molecule has 0 aliphatic rings. The Labute approximate surface area is 56.9 Å². The first kappa shape index (κ1) is 10.6. The summed E-state index contributed by atoms with van der Waals surface area (Å²) in [5.74, 6) is 0. The van der Waals surface area contributed by atoms with E-state index in [2.05, 4.69) is 5.14 Å². The van der Waals surface area contributed by atoms with Gasteiger partial charge in [-0.3, -0.25) is 4.55 Å². The van der Waals surface area contributed by atoms with Crippen molar-refractivity contribution in [1.82, 2.24) is 0 Å². The van der Waals surface area contributed by atoms with Gasteiger partial charge in [-0.2, -0.15) is 8.42 Å². The van der Waals surface area contributed by atoms with E-state index in [0.717, 1.165) is 0 Å². The van der Waals surface area contributed by atoms with Crippen LogP contribution in [0.5, 0.6) is 0 Å². The summed E-state index contributed by atoms with van der Waals surface area (Å²) in [5, 5.41) is 3.88. The van der Waals surface area contributed by atoms with Gasteiger partial charge in [-0.25, -0.2) is 5.14 Å². The summed E-state index contributed by atoms with van der Waals surface area (Å²) in [7, 11) is -4.17. The molecule has 0 bridgehead atoms. The van der Waals surface area contributed by atoms with Crippen molar-refractivity contribution in [3.8, 4) is 0 Å². The van der Waals surface area contributed by atoms with Crippen LogP contribution in [-0.4, -0.2) is 37.6 Å². The van der Waals surface area contributed by atoms with E-state index >= 15 is 0 Å². The van der Waals surface area contributed by atoms with Crippen molar-refractivity contribution in [2.75, 3.05) is 0 Å². The molecule has 0 saturated heterocycles. The van der Waals surface area contributed by atoms with Gasteiger partial charge in [-0.1, -0.05) is 0 Å². The molecule has 0 aromatic carbocycles. The number of hydrogen-bond donors (Lipinski definition) is 3. The zero-order valence-electron chi connectivity index (χ0n) is 3.83. The fraction of sp³-hybridized carbons (Fsp3) is 0. The molecule has 0 amide bonds. The van der Waals surface area contributed by atoms with Crippen LogP contribution in [0.2, 0.25) is 0 Å². The van der Waals surface area contributed by atoms with E-state index in [1.54, 1.807) is 0 Å². The van der Waals surface area contributed by atoms with Crippen molar-refractivity contribution in [3.05, 3.63) is 0 Å². The molecular weight excluding hydrogens is 223 g/mol. The SMILES string of the molecule is NS(=O)(=O)O.[NH2][InH2]. The molecule has 7 heavy (non-hydrogen) atoms. The quantitative estimate of drug-likeness (QED) is 0.392. The van der Waals surface area contributed by atoms with Gasteiger partial charge in [0, 0.05) is 0 Å². The predicted molar refractivity (Wildman–Crippen MR) is 28.5 cm³/mol. The van der Waals surface area contributed by atoms with E-state index in [9.17, 15) is 0 Å². The summed E-state index contributed by atoms with van der Waals surface area (Å²) in [6.07, 6.45) is 0. The average molecular weight is 230 g/mol. The van der Waals surface area contributed by atoms with Crippen LogP contribution in [-0.2, 0) is 10.3 Å². The first-order chi connectivity index (χ1) is 3.00. The van der Waals surface area contributed by atoms with E-state index in [-0.39, 0.29) is 0 Å². The Morgan fingerprint density at radius 1 is 1.43 bits per heavy atom. The van der Waals surface area contributed by atoms with Gasteiger partial charge in [-0.05, 0) is 0 Å². The van der Waals surface area contributed by atoms with Crippen molar-refractivity contribution in [1.29, 1.82) is 0 Å². The molecular formula is H7InN2O3S. The summed E-state index contributed by atoms with van der Waals surface area (Å²) in [4.78, 5) is 0. The van der Waals surface area contributed by atoms with E-state index < -0.39 is 10.3 Å². The molecule has 5 N–H and O–H groups in total. The second kappa shape index (κ2) is 4.85. The van der Waals surface area contributed by atoms with E-state index in [1.165, 1.54) is 0 Å². The Kier molecular flexibility index (Phi) is 7.37. The molecule has 0 aliphatic heterocycles. The van der Waals surface area contributed by atoms with Crippen molar-refractivity contribution < 1.29 is 13.0 Å². The predicted octanol–water partition coefficient (Wildman–Crippen LogP) is -2.76. The van der Waals surface area contributed by atoms with Gasteiger partial charge in [0.2, 0.25) is 0 Å². The van der Waals surface area contributed by atoms with Crippen LogP contribution in [0, 0.1) is 0 Å². The van der Waals surface area contributed by atoms with Crippen LogP contribution in [0.25, 0.3) is 0 Å². The molecule has 0 atom stereocenters. The molecule has 44 valence electrons. The molecule has 0 heterocycles. The van der Waals surface area contributed by atoms with Crippen LogP contribution in [0.15, 0.2) is 0 Å². The normalized spacial score (nSPS) is 9.00. The first-order valence-corrected chi connectivity index (χ1v) is 6.13. The number of rotatable bonds is 0. The van der Waals surface area contributed by atoms with Gasteiger partial charge >= 0.3 is 38.7 Å². The van der Waals surface area contributed by atoms with Crippen LogP contribution in [0.3, 0.4) is 0 Å². The molecule has 5 nitrogen and oxygen atoms in total. The molecule has 0 saturated carbocycles. The fourth-order valence-corrected chi connectivity index (χ4v) is 0. The Morgan fingerprint density at radius 3 is 1.43 bits per heavy atom. The Hall–Kier alpha value is 0.700. The van der Waals surface area contributed by atoms with Crippen molar-refractivity contribution >= 4 is 35.0 Å². The molecule has 0 aromatic heterocycles. The van der Waals surface area contributed by atoms with Gasteiger partial charge in [0.05, 0.1) is 0 Å². The molecule has 0 spiro atoms. The Balaban J connectivity index is 0. The molecule has 0 aliphatic carbocycles. The van der Waals surface area contributed by atoms with Crippen LogP contribution >= 0.6 is 0 Å². The van der Waals surface area contributed by atoms with Crippen molar-refractivity contribution in [3.63, 3.8) is 0 Å². The minimum absolute atomic E-state index is 0.450. The van der Waals surface area contributed by atoms with E-state index in [1.807, 2.05) is 0 Å². The van der Waals surface area contributed by atoms with Gasteiger partial charge < -0.3 is 0 Å². The monoisotopic (exact) mass is 230 g/mol. The first-order valence-electron chi connectivity index (χ1n) is 1.33. The zero-order valence-corrected chi connectivity index (χ0v) is 10.4. The maximum atomic E-state index is 8.97. The summed E-state index contributed by atoms with van der Waals surface area (Å²) in [5.41, 5.74) is 0. The van der Waals surface area contributed by atoms with Gasteiger partial charge in [-0.15, -0.1) is 0 Å². The maximum absolute atomic E-state index is 8.97. The molecule has 0 radical (unpaired) electrons. The van der Waals surface area contributed by atoms with E-state index in [4.69, 9.17) is 16.7 Å². The van der Waals surface area contributed by atoms with Crippen LogP contribution in [0.4, 0.5) is 0 Å². The molecule has 0 rings (SSSR count). The zero-order chi connectivity index (χ0) is 6.50. The molecule has 0 fully saturated rings. The molecule has 0 aromatic rings. The van der Waals surface area contributed by atoms with Crippen LogP contribution in [0.1, 0.15) is 0 Å². The third kappa shape index (κ3) is 302. The van der Waals surface area contributed by atoms with Gasteiger partial charge in [0.15, 0.2) is 0 Å². The molecule has 7 heteroatoms. The number of hydrogen-bond acceptors (Lipinski definition) is 3. The fourth-order valence-electron chi connectivity index (χ4n) is 0. The van der Waals surface area contributed by atoms with E-state index in [0.29, 0.717) is 24.7 Å². The second-order valence-electron chi connectivity index (χ2n) is 0.515. The van der Waals surface area contributed by atoms with Crippen molar-refractivity contribution in [2.24, 2.45) is 8.86 Å². The van der Waals surface area contributed by atoms with Gasteiger partial charge in [0.25, 0.3) is 0 Å². The van der Waals surface area contributed by atoms with Gasteiger partial charge in [0.1, 0.15) is 0 Å². The standard InChI is InChI=1S/In.H3NO3S.H2N.2H/c;1-5(2,3)4;;;/h;(H3,1,2,3,4);1H2;;/q+1;;-1;;. The summed E-state index contributed by atoms with van der Waals surface area (Å²) in [6, 6.07) is 0. The molecule has 0 unspecified atom stereocenters. The third-order valence-corrected chi connectivity index (χ3v) is 0. The second-order valence-corrected chi connectivity index (χ2v) is 1.54.